The molecule has 27 heavy (non-hydrogen) atoms. The van der Waals surface area contributed by atoms with E-state index in [4.69, 9.17) is 0 Å². The Balaban J connectivity index is 0.00000364. The molecule has 1 aliphatic rings. The summed E-state index contributed by atoms with van der Waals surface area (Å²) in [6.07, 6.45) is 2.14. The van der Waals surface area contributed by atoms with Crippen molar-refractivity contribution >= 4 is 51.1 Å². The van der Waals surface area contributed by atoms with Gasteiger partial charge in [0.05, 0.1) is 16.4 Å². The first-order valence-electron chi connectivity index (χ1n) is 8.49. The van der Waals surface area contributed by atoms with Crippen molar-refractivity contribution in [2.75, 3.05) is 31.2 Å². The molecule has 0 spiro atoms. The van der Waals surface area contributed by atoms with Crippen molar-refractivity contribution in [2.24, 2.45) is 10.9 Å². The fraction of sp³-hybridized carbons (Fsp3) is 0.562. The number of benzene rings is 1. The van der Waals surface area contributed by atoms with Gasteiger partial charge in [0.15, 0.2) is 15.8 Å². The zero-order chi connectivity index (χ0) is 19.3. The van der Waals surface area contributed by atoms with Gasteiger partial charge in [-0.05, 0) is 31.4 Å². The second-order valence-corrected chi connectivity index (χ2v) is 8.38. The van der Waals surface area contributed by atoms with Gasteiger partial charge in [0.25, 0.3) is 5.69 Å². The molecule has 11 heteroatoms. The van der Waals surface area contributed by atoms with E-state index in [1.165, 1.54) is 12.1 Å². The van der Waals surface area contributed by atoms with Gasteiger partial charge in [-0.25, -0.2) is 8.42 Å². The maximum atomic E-state index is 11.6. The molecule has 1 saturated carbocycles. The first kappa shape index (κ1) is 23.4. The number of sulfone groups is 1. The molecule has 152 valence electrons. The molecule has 1 aromatic carbocycles. The Morgan fingerprint density at radius 3 is 2.59 bits per heavy atom. The predicted octanol–water partition coefficient (Wildman–Crippen LogP) is 1.99. The summed E-state index contributed by atoms with van der Waals surface area (Å²) in [6, 6.07) is 4.29. The summed E-state index contributed by atoms with van der Waals surface area (Å²) >= 11 is 0. The average molecular weight is 511 g/mol. The molecule has 9 nitrogen and oxygen atoms in total. The maximum Gasteiger partial charge on any atom is 0.293 e. The van der Waals surface area contributed by atoms with Gasteiger partial charge in [0.1, 0.15) is 5.69 Å². The van der Waals surface area contributed by atoms with Gasteiger partial charge < -0.3 is 16.0 Å². The first-order chi connectivity index (χ1) is 12.2. The number of rotatable bonds is 8. The second-order valence-electron chi connectivity index (χ2n) is 6.36. The van der Waals surface area contributed by atoms with Crippen LogP contribution >= 0.6 is 24.0 Å². The maximum absolute atomic E-state index is 11.6. The minimum Gasteiger partial charge on any atom is -0.378 e. The standard InChI is InChI=1S/C16H25N5O4S.HI/c1-4-17-16(20-14-9-11(14)2)19-8-7-18-13-6-5-12(26(3,24)25)10-15(13)21(22)23;/h5-6,10-11,14,18H,4,7-9H2,1-3H3,(H2,17,19,20);1H. The molecule has 2 atom stereocenters. The first-order valence-corrected chi connectivity index (χ1v) is 10.4. The van der Waals surface area contributed by atoms with Crippen LogP contribution in [-0.4, -0.2) is 51.2 Å². The zero-order valence-electron chi connectivity index (χ0n) is 15.6. The molecular weight excluding hydrogens is 485 g/mol. The van der Waals surface area contributed by atoms with Crippen molar-refractivity contribution in [1.29, 1.82) is 0 Å². The van der Waals surface area contributed by atoms with Crippen LogP contribution in [0.15, 0.2) is 28.1 Å². The third kappa shape index (κ3) is 7.13. The van der Waals surface area contributed by atoms with E-state index >= 15 is 0 Å². The summed E-state index contributed by atoms with van der Waals surface area (Å²) in [6.45, 7) is 5.70. The quantitative estimate of drug-likeness (QED) is 0.122. The molecule has 1 aliphatic carbocycles. The van der Waals surface area contributed by atoms with E-state index in [1.54, 1.807) is 0 Å². The van der Waals surface area contributed by atoms with E-state index in [9.17, 15) is 18.5 Å². The lowest BCUT2D eigenvalue weighted by Gasteiger charge is -2.11. The van der Waals surface area contributed by atoms with Gasteiger partial charge in [-0.2, -0.15) is 0 Å². The highest BCUT2D eigenvalue weighted by molar-refractivity contribution is 14.0. The number of hydrogen-bond donors (Lipinski definition) is 3. The van der Waals surface area contributed by atoms with Crippen LogP contribution in [0.2, 0.25) is 0 Å². The lowest BCUT2D eigenvalue weighted by atomic mass is 10.2. The van der Waals surface area contributed by atoms with Gasteiger partial charge in [-0.3, -0.25) is 15.1 Å². The van der Waals surface area contributed by atoms with Gasteiger partial charge in [0, 0.05) is 31.5 Å². The number of guanidine groups is 1. The van der Waals surface area contributed by atoms with Crippen LogP contribution in [0.1, 0.15) is 20.3 Å². The topological polar surface area (TPSA) is 126 Å². The Bertz CT molecular complexity index is 800. The van der Waals surface area contributed by atoms with Gasteiger partial charge in [0.2, 0.25) is 0 Å². The molecular formula is C16H26IN5O4S. The molecule has 3 N–H and O–H groups in total. The van der Waals surface area contributed by atoms with E-state index in [0.717, 1.165) is 31.2 Å². The molecule has 0 aliphatic heterocycles. The Hall–Kier alpha value is -1.63. The van der Waals surface area contributed by atoms with Crippen LogP contribution in [0.5, 0.6) is 0 Å². The summed E-state index contributed by atoms with van der Waals surface area (Å²) in [5.41, 5.74) is 0.000108. The largest absolute Gasteiger partial charge is 0.378 e. The van der Waals surface area contributed by atoms with Gasteiger partial charge in [-0.15, -0.1) is 24.0 Å². The highest BCUT2D eigenvalue weighted by Gasteiger charge is 2.33. The Morgan fingerprint density at radius 2 is 2.07 bits per heavy atom. The highest BCUT2D eigenvalue weighted by atomic mass is 127. The molecule has 0 bridgehead atoms. The smallest absolute Gasteiger partial charge is 0.293 e. The number of hydrogen-bond acceptors (Lipinski definition) is 6. The molecule has 0 radical (unpaired) electrons. The van der Waals surface area contributed by atoms with Crippen LogP contribution in [0.4, 0.5) is 11.4 Å². The van der Waals surface area contributed by atoms with E-state index in [1.807, 2.05) is 6.92 Å². The Kier molecular flexibility index (Phi) is 8.72. The number of nitrogens with zero attached hydrogens (tertiary/aromatic N) is 2. The lowest BCUT2D eigenvalue weighted by Crippen LogP contribution is -2.39. The van der Waals surface area contributed by atoms with E-state index in [0.29, 0.717) is 25.0 Å². The molecule has 2 rings (SSSR count). The molecule has 0 heterocycles. The SMILES string of the molecule is CCNC(=NCCNc1ccc(S(C)(=O)=O)cc1[N+](=O)[O-])NC1CC1C.I. The van der Waals surface area contributed by atoms with Crippen molar-refractivity contribution < 1.29 is 13.3 Å². The predicted molar refractivity (Wildman–Crippen MR) is 117 cm³/mol. The monoisotopic (exact) mass is 511 g/mol. The van der Waals surface area contributed by atoms with E-state index in [2.05, 4.69) is 27.9 Å². The van der Waals surface area contributed by atoms with E-state index < -0.39 is 14.8 Å². The van der Waals surface area contributed by atoms with Crippen molar-refractivity contribution in [1.82, 2.24) is 10.6 Å². The minimum atomic E-state index is -3.50. The normalized spacial score (nSPS) is 19.0. The summed E-state index contributed by atoms with van der Waals surface area (Å²) in [4.78, 5) is 15.0. The molecule has 0 amide bonds. The second kappa shape index (κ2) is 10.1. The van der Waals surface area contributed by atoms with Crippen LogP contribution in [0.3, 0.4) is 0 Å². The van der Waals surface area contributed by atoms with Crippen molar-refractivity contribution in [3.05, 3.63) is 28.3 Å². The highest BCUT2D eigenvalue weighted by Crippen LogP contribution is 2.29. The molecule has 0 saturated heterocycles. The van der Waals surface area contributed by atoms with Crippen LogP contribution < -0.4 is 16.0 Å². The minimum absolute atomic E-state index is 0. The third-order valence-corrected chi connectivity index (χ3v) is 5.18. The fourth-order valence-electron chi connectivity index (χ4n) is 2.42. The number of halogens is 1. The molecule has 2 unspecified atom stereocenters. The molecule has 1 aromatic rings. The van der Waals surface area contributed by atoms with Crippen molar-refractivity contribution in [3.8, 4) is 0 Å². The van der Waals surface area contributed by atoms with Crippen LogP contribution in [-0.2, 0) is 9.84 Å². The summed E-state index contributed by atoms with van der Waals surface area (Å²) in [5.74, 6) is 1.37. The van der Waals surface area contributed by atoms with Crippen molar-refractivity contribution in [2.45, 2.75) is 31.2 Å². The zero-order valence-corrected chi connectivity index (χ0v) is 18.7. The number of aliphatic imine (C=N–C) groups is 1. The number of nitro groups is 1. The van der Waals surface area contributed by atoms with Gasteiger partial charge in [-0.1, -0.05) is 6.92 Å². The summed E-state index contributed by atoms with van der Waals surface area (Å²) in [5, 5.41) is 20.7. The third-order valence-electron chi connectivity index (χ3n) is 4.07. The van der Waals surface area contributed by atoms with Gasteiger partial charge >= 0.3 is 0 Å². The average Bonchev–Trinajstić information content (AvgIpc) is 3.25. The number of anilines is 1. The Morgan fingerprint density at radius 1 is 1.41 bits per heavy atom. The summed E-state index contributed by atoms with van der Waals surface area (Å²) < 4.78 is 23.1. The molecule has 1 fully saturated rings. The molecule has 0 aromatic heterocycles. The summed E-state index contributed by atoms with van der Waals surface area (Å²) in [7, 11) is -3.50. The fourth-order valence-corrected chi connectivity index (χ4v) is 3.06. The van der Waals surface area contributed by atoms with Crippen LogP contribution in [0.25, 0.3) is 0 Å². The number of nitro benzene ring substituents is 1. The number of nitrogens with one attached hydrogen (secondary N) is 3. The van der Waals surface area contributed by atoms with E-state index in [-0.39, 0.29) is 40.2 Å². The Labute approximate surface area is 176 Å². The lowest BCUT2D eigenvalue weighted by molar-refractivity contribution is -0.384. The van der Waals surface area contributed by atoms with Crippen molar-refractivity contribution in [3.63, 3.8) is 0 Å². The van der Waals surface area contributed by atoms with Crippen LogP contribution in [0, 0.1) is 16.0 Å².